The van der Waals surface area contributed by atoms with Gasteiger partial charge in [0.2, 0.25) is 0 Å². The molecule has 0 aromatic rings. The summed E-state index contributed by atoms with van der Waals surface area (Å²) in [5.41, 5.74) is 0.0850. The van der Waals surface area contributed by atoms with E-state index in [2.05, 4.69) is 25.9 Å². The molecule has 2 nitrogen and oxygen atoms in total. The Hall–Kier alpha value is -0.0800. The fraction of sp³-hybridized carbons (Fsp3) is 1.00. The zero-order valence-corrected chi connectivity index (χ0v) is 11.8. The molecule has 1 N–H and O–H groups in total. The lowest BCUT2D eigenvalue weighted by Gasteiger charge is -2.45. The van der Waals surface area contributed by atoms with Crippen molar-refractivity contribution in [1.82, 2.24) is 4.90 Å². The van der Waals surface area contributed by atoms with E-state index in [1.165, 1.54) is 51.4 Å². The summed E-state index contributed by atoms with van der Waals surface area (Å²) in [6.45, 7) is 2.34. The molecule has 2 fully saturated rings. The topological polar surface area (TPSA) is 23.5 Å². The molecule has 0 saturated heterocycles. The summed E-state index contributed by atoms with van der Waals surface area (Å²) in [4.78, 5) is 2.31. The number of nitrogens with zero attached hydrogens (tertiary/aromatic N) is 1. The number of hydrogen-bond donors (Lipinski definition) is 1. The third kappa shape index (κ3) is 2.53. The number of likely N-dealkylation sites (N-methyl/N-ethyl adjacent to an activating group) is 1. The minimum absolute atomic E-state index is 0.0850. The Balaban J connectivity index is 2.08. The number of rotatable bonds is 3. The van der Waals surface area contributed by atoms with Crippen LogP contribution in [-0.2, 0) is 0 Å². The summed E-state index contributed by atoms with van der Waals surface area (Å²) < 4.78 is 0. The lowest BCUT2D eigenvalue weighted by atomic mass is 9.72. The molecule has 2 heteroatoms. The molecule has 0 aromatic carbocycles. The van der Waals surface area contributed by atoms with E-state index in [4.69, 9.17) is 0 Å². The predicted molar refractivity (Wildman–Crippen MR) is 72.0 cm³/mol. The van der Waals surface area contributed by atoms with Gasteiger partial charge in [0.05, 0.1) is 6.10 Å². The van der Waals surface area contributed by atoms with E-state index in [-0.39, 0.29) is 11.6 Å². The third-order valence-electron chi connectivity index (χ3n) is 5.33. The predicted octanol–water partition coefficient (Wildman–Crippen LogP) is 3.05. The second-order valence-corrected chi connectivity index (χ2v) is 6.68. The van der Waals surface area contributed by atoms with Crippen LogP contribution in [0.15, 0.2) is 0 Å². The van der Waals surface area contributed by atoms with E-state index in [0.29, 0.717) is 5.92 Å². The van der Waals surface area contributed by atoms with Crippen molar-refractivity contribution in [2.75, 3.05) is 14.1 Å². The Kier molecular flexibility index (Phi) is 4.14. The van der Waals surface area contributed by atoms with E-state index < -0.39 is 0 Å². The van der Waals surface area contributed by atoms with Crippen LogP contribution >= 0.6 is 0 Å². The second-order valence-electron chi connectivity index (χ2n) is 6.68. The summed E-state index contributed by atoms with van der Waals surface area (Å²) in [5, 5.41) is 10.9. The van der Waals surface area contributed by atoms with Gasteiger partial charge in [0.15, 0.2) is 0 Å². The highest BCUT2D eigenvalue weighted by atomic mass is 16.3. The van der Waals surface area contributed by atoms with Gasteiger partial charge in [-0.2, -0.15) is 0 Å². The largest absolute Gasteiger partial charge is 0.391 e. The summed E-state index contributed by atoms with van der Waals surface area (Å²) >= 11 is 0. The SMILES string of the molecule is CC1CCCC(C(O)C2(N(C)C)CCCC2)C1. The van der Waals surface area contributed by atoms with E-state index in [1.54, 1.807) is 0 Å². The van der Waals surface area contributed by atoms with Crippen molar-refractivity contribution >= 4 is 0 Å². The highest BCUT2D eigenvalue weighted by molar-refractivity contribution is 5.01. The maximum absolute atomic E-state index is 10.9. The lowest BCUT2D eigenvalue weighted by Crippen LogP contribution is -2.55. The van der Waals surface area contributed by atoms with Crippen molar-refractivity contribution in [3.8, 4) is 0 Å². The summed E-state index contributed by atoms with van der Waals surface area (Å²) in [5.74, 6) is 1.35. The molecule has 0 aliphatic heterocycles. The molecular formula is C15H29NO. The standard InChI is InChI=1S/C15H29NO/c1-12-7-6-8-13(11-12)14(17)15(16(2)3)9-4-5-10-15/h12-14,17H,4-11H2,1-3H3. The van der Waals surface area contributed by atoms with E-state index in [9.17, 15) is 5.11 Å². The van der Waals surface area contributed by atoms with Gasteiger partial charge in [-0.15, -0.1) is 0 Å². The molecule has 3 atom stereocenters. The fourth-order valence-corrected chi connectivity index (χ4v) is 4.20. The van der Waals surface area contributed by atoms with Crippen LogP contribution in [0.2, 0.25) is 0 Å². The molecule has 100 valence electrons. The molecule has 0 heterocycles. The minimum Gasteiger partial charge on any atom is -0.391 e. The Morgan fingerprint density at radius 1 is 1.12 bits per heavy atom. The monoisotopic (exact) mass is 239 g/mol. The van der Waals surface area contributed by atoms with Gasteiger partial charge in [-0.25, -0.2) is 0 Å². The van der Waals surface area contributed by atoms with Crippen LogP contribution in [0, 0.1) is 11.8 Å². The first-order chi connectivity index (χ1) is 8.06. The maximum Gasteiger partial charge on any atom is 0.0751 e. The van der Waals surface area contributed by atoms with Gasteiger partial charge in [-0.3, -0.25) is 0 Å². The normalized spacial score (nSPS) is 35.1. The van der Waals surface area contributed by atoms with Crippen LogP contribution in [0.3, 0.4) is 0 Å². The zero-order valence-electron chi connectivity index (χ0n) is 11.8. The Morgan fingerprint density at radius 2 is 1.76 bits per heavy atom. The van der Waals surface area contributed by atoms with Gasteiger partial charge >= 0.3 is 0 Å². The first-order valence-electron chi connectivity index (χ1n) is 7.42. The van der Waals surface area contributed by atoms with Crippen molar-refractivity contribution in [1.29, 1.82) is 0 Å². The van der Waals surface area contributed by atoms with Gasteiger partial charge in [0.25, 0.3) is 0 Å². The van der Waals surface area contributed by atoms with Crippen LogP contribution in [0.5, 0.6) is 0 Å². The van der Waals surface area contributed by atoms with Crippen LogP contribution in [0.1, 0.15) is 58.3 Å². The average molecular weight is 239 g/mol. The minimum atomic E-state index is -0.109. The molecule has 0 bridgehead atoms. The molecule has 3 unspecified atom stereocenters. The summed E-state index contributed by atoms with van der Waals surface area (Å²) in [7, 11) is 4.31. The Labute approximate surface area is 106 Å². The van der Waals surface area contributed by atoms with Gasteiger partial charge in [0, 0.05) is 5.54 Å². The van der Waals surface area contributed by atoms with Gasteiger partial charge < -0.3 is 10.0 Å². The van der Waals surface area contributed by atoms with Crippen LogP contribution in [0.25, 0.3) is 0 Å². The van der Waals surface area contributed by atoms with E-state index in [0.717, 1.165) is 5.92 Å². The number of aliphatic hydroxyl groups is 1. The first-order valence-corrected chi connectivity index (χ1v) is 7.42. The zero-order chi connectivity index (χ0) is 12.5. The van der Waals surface area contributed by atoms with E-state index >= 15 is 0 Å². The van der Waals surface area contributed by atoms with Crippen molar-refractivity contribution in [3.05, 3.63) is 0 Å². The quantitative estimate of drug-likeness (QED) is 0.818. The third-order valence-corrected chi connectivity index (χ3v) is 5.33. The molecule has 2 aliphatic rings. The first kappa shape index (κ1) is 13.4. The Morgan fingerprint density at radius 3 is 2.29 bits per heavy atom. The number of aliphatic hydroxyl groups excluding tert-OH is 1. The van der Waals surface area contributed by atoms with Crippen molar-refractivity contribution in [3.63, 3.8) is 0 Å². The molecule has 0 spiro atoms. The highest BCUT2D eigenvalue weighted by Gasteiger charge is 2.46. The van der Waals surface area contributed by atoms with Gasteiger partial charge in [0.1, 0.15) is 0 Å². The molecule has 2 saturated carbocycles. The Bertz CT molecular complexity index is 245. The summed E-state index contributed by atoms with van der Waals surface area (Å²) in [6.07, 6.45) is 9.98. The van der Waals surface area contributed by atoms with Crippen molar-refractivity contribution < 1.29 is 5.11 Å². The smallest absolute Gasteiger partial charge is 0.0751 e. The number of hydrogen-bond acceptors (Lipinski definition) is 2. The molecule has 0 radical (unpaired) electrons. The fourth-order valence-electron chi connectivity index (χ4n) is 4.20. The second kappa shape index (κ2) is 5.27. The molecule has 0 aromatic heterocycles. The van der Waals surface area contributed by atoms with Crippen LogP contribution < -0.4 is 0 Å². The molecule has 2 aliphatic carbocycles. The summed E-state index contributed by atoms with van der Waals surface area (Å²) in [6, 6.07) is 0. The van der Waals surface area contributed by atoms with Crippen LogP contribution in [-0.4, -0.2) is 35.7 Å². The molecule has 2 rings (SSSR count). The van der Waals surface area contributed by atoms with Crippen molar-refractivity contribution in [2.24, 2.45) is 11.8 Å². The van der Waals surface area contributed by atoms with Crippen molar-refractivity contribution in [2.45, 2.75) is 69.9 Å². The molecule has 17 heavy (non-hydrogen) atoms. The highest BCUT2D eigenvalue weighted by Crippen LogP contribution is 2.43. The van der Waals surface area contributed by atoms with Gasteiger partial charge in [-0.05, 0) is 51.6 Å². The van der Waals surface area contributed by atoms with Crippen LogP contribution in [0.4, 0.5) is 0 Å². The van der Waals surface area contributed by atoms with Gasteiger partial charge in [-0.1, -0.05) is 32.6 Å². The van der Waals surface area contributed by atoms with E-state index in [1.807, 2.05) is 0 Å². The lowest BCUT2D eigenvalue weighted by molar-refractivity contribution is -0.0521. The average Bonchev–Trinajstić information content (AvgIpc) is 2.78. The molecule has 0 amide bonds. The maximum atomic E-state index is 10.9. The molecular weight excluding hydrogens is 210 g/mol.